The van der Waals surface area contributed by atoms with Crippen LogP contribution in [0.1, 0.15) is 23.7 Å². The van der Waals surface area contributed by atoms with Crippen molar-refractivity contribution in [1.29, 1.82) is 0 Å². The van der Waals surface area contributed by atoms with Crippen LogP contribution in [0.15, 0.2) is 12.1 Å². The number of thioether (sulfide) groups is 1. The van der Waals surface area contributed by atoms with Crippen LogP contribution < -0.4 is 0 Å². The third-order valence-electron chi connectivity index (χ3n) is 2.36. The van der Waals surface area contributed by atoms with Crippen LogP contribution in [0.4, 0.5) is 4.39 Å². The summed E-state index contributed by atoms with van der Waals surface area (Å²) in [7, 11) is 0. The number of hydrogen-bond acceptors (Lipinski definition) is 2. The molecule has 4 heteroatoms. The summed E-state index contributed by atoms with van der Waals surface area (Å²) in [5.74, 6) is 1.17. The molecule has 1 aliphatic heterocycles. The molecule has 0 amide bonds. The zero-order valence-corrected chi connectivity index (χ0v) is 9.04. The van der Waals surface area contributed by atoms with E-state index in [1.54, 1.807) is 11.8 Å². The number of halogens is 2. The van der Waals surface area contributed by atoms with Crippen LogP contribution in [0.5, 0.6) is 0 Å². The Kier molecular flexibility index (Phi) is 3.00. The number of benzene rings is 1. The molecule has 0 bridgehead atoms. The van der Waals surface area contributed by atoms with Gasteiger partial charge in [0.1, 0.15) is 5.82 Å². The molecule has 14 heavy (non-hydrogen) atoms. The lowest BCUT2D eigenvalue weighted by molar-refractivity contribution is 0.174. The average molecular weight is 233 g/mol. The smallest absolute Gasteiger partial charge is 0.127 e. The lowest BCUT2D eigenvalue weighted by Crippen LogP contribution is -2.02. The van der Waals surface area contributed by atoms with Crippen molar-refractivity contribution >= 4 is 23.4 Å². The Morgan fingerprint density at radius 2 is 2.29 bits per heavy atom. The maximum absolute atomic E-state index is 13.4. The molecular weight excluding hydrogens is 223 g/mol. The van der Waals surface area contributed by atoms with E-state index in [0.717, 1.165) is 5.75 Å². The quantitative estimate of drug-likeness (QED) is 0.742. The highest BCUT2D eigenvalue weighted by Crippen LogP contribution is 2.36. The second-order valence-corrected chi connectivity index (χ2v) is 4.79. The average Bonchev–Trinajstić information content (AvgIpc) is 2.35. The first-order valence-electron chi connectivity index (χ1n) is 4.42. The molecule has 0 fully saturated rings. The maximum atomic E-state index is 13.4. The first-order valence-corrected chi connectivity index (χ1v) is 5.96. The van der Waals surface area contributed by atoms with E-state index >= 15 is 0 Å². The Bertz CT molecular complexity index is 356. The number of fused-ring (bicyclic) bond motifs is 1. The van der Waals surface area contributed by atoms with Gasteiger partial charge in [0.05, 0.1) is 6.10 Å². The van der Waals surface area contributed by atoms with Gasteiger partial charge in [0.15, 0.2) is 0 Å². The van der Waals surface area contributed by atoms with E-state index in [0.29, 0.717) is 28.3 Å². The van der Waals surface area contributed by atoms with E-state index < -0.39 is 6.10 Å². The van der Waals surface area contributed by atoms with Crippen molar-refractivity contribution in [3.05, 3.63) is 34.1 Å². The summed E-state index contributed by atoms with van der Waals surface area (Å²) < 4.78 is 13.4. The third kappa shape index (κ3) is 1.76. The summed E-state index contributed by atoms with van der Waals surface area (Å²) in [5, 5.41) is 10.3. The molecule has 1 aromatic carbocycles. The molecule has 0 unspecified atom stereocenters. The van der Waals surface area contributed by atoms with Crippen molar-refractivity contribution in [1.82, 2.24) is 0 Å². The van der Waals surface area contributed by atoms with Crippen LogP contribution in [0.3, 0.4) is 0 Å². The molecule has 1 aliphatic rings. The van der Waals surface area contributed by atoms with Gasteiger partial charge < -0.3 is 5.11 Å². The number of rotatable bonds is 0. The summed E-state index contributed by atoms with van der Waals surface area (Å²) in [6, 6.07) is 2.87. The minimum absolute atomic E-state index is 0.266. The van der Waals surface area contributed by atoms with Crippen LogP contribution in [0.25, 0.3) is 0 Å². The summed E-state index contributed by atoms with van der Waals surface area (Å²) in [6.07, 6.45) is 0.0177. The second kappa shape index (κ2) is 4.09. The lowest BCUT2D eigenvalue weighted by Gasteiger charge is -2.13. The second-order valence-electron chi connectivity index (χ2n) is 3.28. The Balaban J connectivity index is 2.57. The van der Waals surface area contributed by atoms with Gasteiger partial charge in [-0.25, -0.2) is 4.39 Å². The van der Waals surface area contributed by atoms with E-state index in [9.17, 15) is 9.50 Å². The predicted octanol–water partition coefficient (Wildman–Crippen LogP) is 3.15. The monoisotopic (exact) mass is 232 g/mol. The molecule has 1 nitrogen and oxygen atoms in total. The van der Waals surface area contributed by atoms with Crippen LogP contribution >= 0.6 is 23.4 Å². The maximum Gasteiger partial charge on any atom is 0.127 e. The van der Waals surface area contributed by atoms with Crippen molar-refractivity contribution < 1.29 is 9.50 Å². The van der Waals surface area contributed by atoms with E-state index in [1.807, 2.05) is 0 Å². The van der Waals surface area contributed by atoms with Crippen molar-refractivity contribution in [2.45, 2.75) is 18.3 Å². The Morgan fingerprint density at radius 3 is 3.07 bits per heavy atom. The normalized spacial score (nSPS) is 21.5. The fourth-order valence-electron chi connectivity index (χ4n) is 1.63. The molecule has 1 N–H and O–H groups in total. The molecule has 0 radical (unpaired) electrons. The number of aliphatic hydroxyl groups is 1. The third-order valence-corrected chi connectivity index (χ3v) is 3.71. The highest BCUT2D eigenvalue weighted by atomic mass is 35.5. The highest BCUT2D eigenvalue weighted by Gasteiger charge is 2.22. The molecule has 0 saturated carbocycles. The van der Waals surface area contributed by atoms with Gasteiger partial charge >= 0.3 is 0 Å². The van der Waals surface area contributed by atoms with Crippen LogP contribution in [0.2, 0.25) is 5.02 Å². The topological polar surface area (TPSA) is 20.2 Å². The lowest BCUT2D eigenvalue weighted by atomic mass is 10.0. The van der Waals surface area contributed by atoms with Crippen LogP contribution in [-0.2, 0) is 5.75 Å². The first-order chi connectivity index (χ1) is 6.70. The van der Waals surface area contributed by atoms with E-state index in [4.69, 9.17) is 11.6 Å². The summed E-state index contributed by atoms with van der Waals surface area (Å²) in [5.41, 5.74) is 1.14. The molecule has 0 spiro atoms. The van der Waals surface area contributed by atoms with Gasteiger partial charge in [-0.1, -0.05) is 11.6 Å². The Hall–Kier alpha value is -0.250. The molecule has 1 atom stereocenters. The Morgan fingerprint density at radius 1 is 1.50 bits per heavy atom. The molecule has 76 valence electrons. The van der Waals surface area contributed by atoms with E-state index in [-0.39, 0.29) is 5.82 Å². The molecule has 2 rings (SSSR count). The van der Waals surface area contributed by atoms with Crippen molar-refractivity contribution in [2.75, 3.05) is 5.75 Å². The van der Waals surface area contributed by atoms with E-state index in [1.165, 1.54) is 12.1 Å². The zero-order valence-electron chi connectivity index (χ0n) is 7.46. The molecule has 1 heterocycles. The predicted molar refractivity (Wildman–Crippen MR) is 57.1 cm³/mol. The summed E-state index contributed by atoms with van der Waals surface area (Å²) in [4.78, 5) is 0. The number of aliphatic hydroxyl groups excluding tert-OH is 1. The van der Waals surface area contributed by atoms with Gasteiger partial charge in [-0.3, -0.25) is 0 Å². The van der Waals surface area contributed by atoms with Crippen LogP contribution in [0, 0.1) is 5.82 Å². The molecular formula is C10H10ClFOS. The Labute approximate surface area is 91.3 Å². The van der Waals surface area contributed by atoms with Gasteiger partial charge in [0.25, 0.3) is 0 Å². The van der Waals surface area contributed by atoms with Crippen molar-refractivity contribution in [3.63, 3.8) is 0 Å². The standard InChI is InChI=1S/C10H10ClFOS/c11-7-1-2-8(12)6-5-14-4-3-9(13)10(6)7/h1-2,9,13H,3-5H2/t9-/m1/s1. The van der Waals surface area contributed by atoms with Crippen molar-refractivity contribution in [2.24, 2.45) is 0 Å². The fraction of sp³-hybridized carbons (Fsp3) is 0.400. The zero-order chi connectivity index (χ0) is 10.1. The fourth-order valence-corrected chi connectivity index (χ4v) is 2.96. The minimum atomic E-state index is -0.622. The molecule has 0 aromatic heterocycles. The summed E-state index contributed by atoms with van der Waals surface area (Å²) >= 11 is 7.57. The van der Waals surface area contributed by atoms with Crippen molar-refractivity contribution in [3.8, 4) is 0 Å². The molecule has 0 saturated heterocycles. The summed E-state index contributed by atoms with van der Waals surface area (Å²) in [6.45, 7) is 0. The van der Waals surface area contributed by atoms with Gasteiger partial charge in [0.2, 0.25) is 0 Å². The highest BCUT2D eigenvalue weighted by molar-refractivity contribution is 7.98. The van der Waals surface area contributed by atoms with Gasteiger partial charge in [-0.2, -0.15) is 11.8 Å². The SMILES string of the molecule is O[C@@H]1CCSCc2c(F)ccc(Cl)c21. The van der Waals surface area contributed by atoms with Gasteiger partial charge in [-0.15, -0.1) is 0 Å². The largest absolute Gasteiger partial charge is 0.388 e. The van der Waals surface area contributed by atoms with Crippen LogP contribution in [-0.4, -0.2) is 10.9 Å². The van der Waals surface area contributed by atoms with Gasteiger partial charge in [0, 0.05) is 21.9 Å². The van der Waals surface area contributed by atoms with E-state index in [2.05, 4.69) is 0 Å². The molecule has 1 aromatic rings. The molecule has 0 aliphatic carbocycles. The first kappa shape index (κ1) is 10.3. The minimum Gasteiger partial charge on any atom is -0.388 e. The number of hydrogen-bond donors (Lipinski definition) is 1. The van der Waals surface area contributed by atoms with Gasteiger partial charge in [-0.05, 0) is 24.3 Å².